The molecule has 32 heavy (non-hydrogen) atoms. The van der Waals surface area contributed by atoms with Crippen molar-refractivity contribution in [1.82, 2.24) is 15.1 Å². The van der Waals surface area contributed by atoms with Gasteiger partial charge in [0.15, 0.2) is 0 Å². The molecule has 2 aromatic carbocycles. The van der Waals surface area contributed by atoms with Gasteiger partial charge < -0.3 is 19.5 Å². The third-order valence-electron chi connectivity index (χ3n) is 5.23. The Bertz CT molecular complexity index is 1090. The van der Waals surface area contributed by atoms with Crippen molar-refractivity contribution in [2.75, 3.05) is 48.7 Å². The molecule has 0 bridgehead atoms. The fraction of sp³-hybridized carbons (Fsp3) is 0.318. The number of anilines is 2. The van der Waals surface area contributed by atoms with Gasteiger partial charge in [0.05, 0.1) is 27.7 Å². The van der Waals surface area contributed by atoms with Crippen molar-refractivity contribution in [2.45, 2.75) is 12.1 Å². The highest BCUT2D eigenvalue weighted by Gasteiger charge is 2.21. The van der Waals surface area contributed by atoms with Crippen LogP contribution in [0, 0.1) is 0 Å². The molecule has 1 amide bonds. The Morgan fingerprint density at radius 2 is 1.94 bits per heavy atom. The third-order valence-corrected chi connectivity index (χ3v) is 7.05. The number of nitrogens with zero attached hydrogens (tertiary/aromatic N) is 4. The summed E-state index contributed by atoms with van der Waals surface area (Å²) in [4.78, 5) is 17.3. The Balaban J connectivity index is 1.39. The second kappa shape index (κ2) is 10.7. The molecule has 0 radical (unpaired) electrons. The van der Waals surface area contributed by atoms with E-state index >= 15 is 0 Å². The molecule has 1 aromatic heterocycles. The maximum absolute atomic E-state index is 12.7. The summed E-state index contributed by atoms with van der Waals surface area (Å²) in [6.07, 6.45) is 0. The van der Waals surface area contributed by atoms with E-state index < -0.39 is 0 Å². The first-order valence-corrected chi connectivity index (χ1v) is 12.5. The van der Waals surface area contributed by atoms with Crippen LogP contribution in [0.5, 0.6) is 0 Å². The average Bonchev–Trinajstić information content (AvgIpc) is 3.27. The van der Waals surface area contributed by atoms with Gasteiger partial charge in [-0.1, -0.05) is 48.5 Å². The van der Waals surface area contributed by atoms with E-state index in [0.717, 1.165) is 48.4 Å². The molecule has 3 aromatic rings. The molecular weight excluding hydrogens is 514 g/mol. The standard InChI is InChI=1S/C22H23BrClN5O2S/c1-2-28-10-12-29(13-11-28)20-17(24)8-5-9-18(20)25-19(30)14-32-22-27-26-21(31-22)15-6-3-4-7-16(15)23/h3-9H,2,10-14H2,1H3,(H,25,30). The molecule has 1 aliphatic rings. The number of piperazine rings is 1. The number of para-hydroxylation sites is 1. The summed E-state index contributed by atoms with van der Waals surface area (Å²) in [6.45, 7) is 6.89. The van der Waals surface area contributed by atoms with E-state index in [1.54, 1.807) is 0 Å². The van der Waals surface area contributed by atoms with Crippen LogP contribution in [0.1, 0.15) is 6.92 Å². The quantitative estimate of drug-likeness (QED) is 0.425. The van der Waals surface area contributed by atoms with Crippen LogP contribution in [0.4, 0.5) is 11.4 Å². The molecule has 7 nitrogen and oxygen atoms in total. The van der Waals surface area contributed by atoms with Crippen LogP contribution >= 0.6 is 39.3 Å². The summed E-state index contributed by atoms with van der Waals surface area (Å²) in [5.41, 5.74) is 2.40. The van der Waals surface area contributed by atoms with Gasteiger partial charge in [-0.05, 0) is 46.7 Å². The van der Waals surface area contributed by atoms with Crippen molar-refractivity contribution in [3.63, 3.8) is 0 Å². The number of hydrogen-bond acceptors (Lipinski definition) is 7. The first kappa shape index (κ1) is 23.1. The molecule has 1 aliphatic heterocycles. The monoisotopic (exact) mass is 535 g/mol. The van der Waals surface area contributed by atoms with Crippen LogP contribution in [0.15, 0.2) is 56.6 Å². The van der Waals surface area contributed by atoms with Crippen LogP contribution in [0.25, 0.3) is 11.5 Å². The summed E-state index contributed by atoms with van der Waals surface area (Å²) in [5.74, 6) is 0.391. The number of amides is 1. The van der Waals surface area contributed by atoms with Gasteiger partial charge in [0.1, 0.15) is 0 Å². The van der Waals surface area contributed by atoms with E-state index in [0.29, 0.717) is 21.8 Å². The van der Waals surface area contributed by atoms with Crippen LogP contribution < -0.4 is 10.2 Å². The highest BCUT2D eigenvalue weighted by Crippen LogP contribution is 2.35. The summed E-state index contributed by atoms with van der Waals surface area (Å²) >= 11 is 11.2. The van der Waals surface area contributed by atoms with Crippen molar-refractivity contribution < 1.29 is 9.21 Å². The molecule has 10 heteroatoms. The number of halogens is 2. The van der Waals surface area contributed by atoms with E-state index in [-0.39, 0.29) is 11.7 Å². The fourth-order valence-corrected chi connectivity index (χ4v) is 4.86. The lowest BCUT2D eigenvalue weighted by molar-refractivity contribution is -0.113. The van der Waals surface area contributed by atoms with E-state index in [4.69, 9.17) is 16.0 Å². The van der Waals surface area contributed by atoms with E-state index in [1.807, 2.05) is 42.5 Å². The maximum Gasteiger partial charge on any atom is 0.277 e. The molecule has 0 spiro atoms. The maximum atomic E-state index is 12.7. The molecule has 168 valence electrons. The number of carbonyl (C=O) groups is 1. The third kappa shape index (κ3) is 5.46. The lowest BCUT2D eigenvalue weighted by Gasteiger charge is -2.36. The number of carbonyl (C=O) groups excluding carboxylic acids is 1. The van der Waals surface area contributed by atoms with Gasteiger partial charge in [0.25, 0.3) is 5.22 Å². The minimum absolute atomic E-state index is 0.146. The fourth-order valence-electron chi connectivity index (χ4n) is 3.55. The van der Waals surface area contributed by atoms with Gasteiger partial charge in [-0.15, -0.1) is 10.2 Å². The number of thioether (sulfide) groups is 1. The topological polar surface area (TPSA) is 74.5 Å². The SMILES string of the molecule is CCN1CCN(c2c(Cl)cccc2NC(=O)CSc2nnc(-c3ccccc3Br)o2)CC1. The lowest BCUT2D eigenvalue weighted by Crippen LogP contribution is -2.46. The Labute approximate surface area is 204 Å². The molecule has 2 heterocycles. The van der Waals surface area contributed by atoms with E-state index in [9.17, 15) is 4.79 Å². The van der Waals surface area contributed by atoms with Gasteiger partial charge in [0.2, 0.25) is 11.8 Å². The molecule has 4 rings (SSSR count). The Hall–Kier alpha value is -2.07. The Morgan fingerprint density at radius 1 is 1.16 bits per heavy atom. The van der Waals surface area contributed by atoms with Crippen LogP contribution in [-0.4, -0.2) is 59.5 Å². The smallest absolute Gasteiger partial charge is 0.277 e. The predicted molar refractivity (Wildman–Crippen MR) is 133 cm³/mol. The van der Waals surface area contributed by atoms with Crippen molar-refractivity contribution in [1.29, 1.82) is 0 Å². The Morgan fingerprint density at radius 3 is 2.69 bits per heavy atom. The van der Waals surface area contributed by atoms with Gasteiger partial charge >= 0.3 is 0 Å². The summed E-state index contributed by atoms with van der Waals surface area (Å²) in [5, 5.41) is 12.1. The minimum atomic E-state index is -0.161. The molecule has 1 N–H and O–H groups in total. The molecule has 0 atom stereocenters. The first-order chi connectivity index (χ1) is 15.5. The van der Waals surface area contributed by atoms with Crippen molar-refractivity contribution in [2.24, 2.45) is 0 Å². The number of benzene rings is 2. The van der Waals surface area contributed by atoms with E-state index in [1.165, 1.54) is 11.8 Å². The molecular formula is C22H23BrClN5O2S. The van der Waals surface area contributed by atoms with Crippen molar-refractivity contribution in [3.05, 3.63) is 52.0 Å². The number of aromatic nitrogens is 2. The number of nitrogens with one attached hydrogen (secondary N) is 1. The summed E-state index contributed by atoms with van der Waals surface area (Å²) < 4.78 is 6.57. The zero-order chi connectivity index (χ0) is 22.5. The first-order valence-electron chi connectivity index (χ1n) is 10.3. The highest BCUT2D eigenvalue weighted by atomic mass is 79.9. The number of hydrogen-bond donors (Lipinski definition) is 1. The average molecular weight is 537 g/mol. The Kier molecular flexibility index (Phi) is 7.72. The van der Waals surface area contributed by atoms with Crippen molar-refractivity contribution >= 4 is 56.6 Å². The zero-order valence-corrected chi connectivity index (χ0v) is 20.7. The normalized spacial score (nSPS) is 14.5. The van der Waals surface area contributed by atoms with Crippen LogP contribution in [0.3, 0.4) is 0 Å². The number of rotatable bonds is 7. The van der Waals surface area contributed by atoms with Gasteiger partial charge in [-0.25, -0.2) is 0 Å². The molecule has 1 fully saturated rings. The molecule has 0 unspecified atom stereocenters. The van der Waals surface area contributed by atoms with Crippen LogP contribution in [0.2, 0.25) is 5.02 Å². The minimum Gasteiger partial charge on any atom is -0.411 e. The van der Waals surface area contributed by atoms with Crippen molar-refractivity contribution in [3.8, 4) is 11.5 Å². The predicted octanol–water partition coefficient (Wildman–Crippen LogP) is 5.03. The summed E-state index contributed by atoms with van der Waals surface area (Å²) in [6, 6.07) is 13.2. The number of likely N-dealkylation sites (N-methyl/N-ethyl adjacent to an activating group) is 1. The largest absolute Gasteiger partial charge is 0.411 e. The summed E-state index contributed by atoms with van der Waals surface area (Å²) in [7, 11) is 0. The van der Waals surface area contributed by atoms with Gasteiger partial charge in [-0.3, -0.25) is 4.79 Å². The van der Waals surface area contributed by atoms with Gasteiger partial charge in [0, 0.05) is 30.7 Å². The highest BCUT2D eigenvalue weighted by molar-refractivity contribution is 9.10. The molecule has 0 saturated carbocycles. The second-order valence-electron chi connectivity index (χ2n) is 7.25. The van der Waals surface area contributed by atoms with Gasteiger partial charge in [-0.2, -0.15) is 0 Å². The second-order valence-corrected chi connectivity index (χ2v) is 9.44. The zero-order valence-electron chi connectivity index (χ0n) is 17.6. The lowest BCUT2D eigenvalue weighted by atomic mass is 10.2. The van der Waals surface area contributed by atoms with Crippen LogP contribution in [-0.2, 0) is 4.79 Å². The molecule has 0 aliphatic carbocycles. The molecule has 1 saturated heterocycles. The van der Waals surface area contributed by atoms with E-state index in [2.05, 4.69) is 48.2 Å².